The van der Waals surface area contributed by atoms with E-state index in [0.717, 1.165) is 25.3 Å². The molecule has 1 saturated heterocycles. The Hall–Kier alpha value is -1.28. The molecular formula is C15H19N3O2S2. The minimum absolute atomic E-state index is 0.0848. The van der Waals surface area contributed by atoms with E-state index < -0.39 is 0 Å². The molecule has 2 aromatic heterocycles. The van der Waals surface area contributed by atoms with Crippen LogP contribution in [0.3, 0.4) is 0 Å². The van der Waals surface area contributed by atoms with Crippen LogP contribution in [0.15, 0.2) is 22.2 Å². The zero-order valence-electron chi connectivity index (χ0n) is 12.6. The molecule has 7 heteroatoms. The van der Waals surface area contributed by atoms with Crippen LogP contribution in [-0.2, 0) is 16.1 Å². The van der Waals surface area contributed by atoms with Gasteiger partial charge < -0.3 is 10.1 Å². The lowest BCUT2D eigenvalue weighted by molar-refractivity contribution is -0.114. The third kappa shape index (κ3) is 3.92. The van der Waals surface area contributed by atoms with Gasteiger partial charge >= 0.3 is 0 Å². The Morgan fingerprint density at radius 1 is 1.50 bits per heavy atom. The van der Waals surface area contributed by atoms with Crippen molar-refractivity contribution in [3.8, 4) is 0 Å². The molecule has 1 N–H and O–H groups in total. The van der Waals surface area contributed by atoms with Crippen LogP contribution in [0.2, 0.25) is 0 Å². The number of carbonyl (C=O) groups excluding carboxylic acids is 1. The van der Waals surface area contributed by atoms with Gasteiger partial charge in [0.25, 0.3) is 0 Å². The highest BCUT2D eigenvalue weighted by atomic mass is 32.1. The number of hydrogen-bond acceptors (Lipinski definition) is 6. The van der Waals surface area contributed by atoms with E-state index in [0.29, 0.717) is 5.13 Å². The maximum atomic E-state index is 11.1. The smallest absolute Gasteiger partial charge is 0.223 e. The van der Waals surface area contributed by atoms with Crippen molar-refractivity contribution in [1.82, 2.24) is 9.88 Å². The normalized spacial score (nSPS) is 22.6. The first kappa shape index (κ1) is 15.6. The summed E-state index contributed by atoms with van der Waals surface area (Å²) in [6.07, 6.45) is 0.329. The molecule has 0 bridgehead atoms. The van der Waals surface area contributed by atoms with Gasteiger partial charge in [0.15, 0.2) is 5.13 Å². The van der Waals surface area contributed by atoms with Gasteiger partial charge in [0.2, 0.25) is 5.91 Å². The van der Waals surface area contributed by atoms with Crippen molar-refractivity contribution in [2.24, 2.45) is 0 Å². The number of amides is 1. The SMILES string of the molecule is CC(=O)Nc1nc(CN2CC(C)OC(c3ccsc3)C2)cs1. The van der Waals surface area contributed by atoms with Gasteiger partial charge in [-0.05, 0) is 29.3 Å². The topological polar surface area (TPSA) is 54.5 Å². The van der Waals surface area contributed by atoms with Gasteiger partial charge in [-0.3, -0.25) is 9.69 Å². The van der Waals surface area contributed by atoms with Crippen molar-refractivity contribution >= 4 is 33.7 Å². The summed E-state index contributed by atoms with van der Waals surface area (Å²) in [7, 11) is 0. The number of nitrogens with one attached hydrogen (secondary N) is 1. The number of morpholine rings is 1. The Labute approximate surface area is 137 Å². The van der Waals surface area contributed by atoms with Crippen LogP contribution in [0.4, 0.5) is 5.13 Å². The van der Waals surface area contributed by atoms with Crippen LogP contribution < -0.4 is 5.32 Å². The van der Waals surface area contributed by atoms with E-state index in [9.17, 15) is 4.79 Å². The largest absolute Gasteiger partial charge is 0.368 e. The van der Waals surface area contributed by atoms with Crippen LogP contribution in [0.1, 0.15) is 31.2 Å². The standard InChI is InChI=1S/C15H19N3O2S2/c1-10-5-18(7-14(20-10)12-3-4-21-8-12)6-13-9-22-15(17-13)16-11(2)19/h3-4,8-10,14H,5-7H2,1-2H3,(H,16,17,19). The summed E-state index contributed by atoms with van der Waals surface area (Å²) < 4.78 is 6.05. The number of carbonyl (C=O) groups is 1. The quantitative estimate of drug-likeness (QED) is 0.931. The molecule has 0 aromatic carbocycles. The molecule has 22 heavy (non-hydrogen) atoms. The molecule has 0 spiro atoms. The second kappa shape index (κ2) is 6.87. The fourth-order valence-corrected chi connectivity index (χ4v) is 4.08. The zero-order valence-corrected chi connectivity index (χ0v) is 14.2. The Morgan fingerprint density at radius 2 is 2.36 bits per heavy atom. The van der Waals surface area contributed by atoms with Crippen molar-refractivity contribution in [3.63, 3.8) is 0 Å². The van der Waals surface area contributed by atoms with E-state index in [1.165, 1.54) is 23.8 Å². The number of aromatic nitrogens is 1. The van der Waals surface area contributed by atoms with E-state index >= 15 is 0 Å². The highest BCUT2D eigenvalue weighted by Crippen LogP contribution is 2.28. The summed E-state index contributed by atoms with van der Waals surface area (Å²) in [4.78, 5) is 17.9. The third-order valence-electron chi connectivity index (χ3n) is 3.47. The predicted octanol–water partition coefficient (Wildman–Crippen LogP) is 3.13. The lowest BCUT2D eigenvalue weighted by atomic mass is 10.1. The molecule has 0 radical (unpaired) electrons. The summed E-state index contributed by atoms with van der Waals surface area (Å²) in [5.74, 6) is -0.0848. The molecule has 0 saturated carbocycles. The van der Waals surface area contributed by atoms with Gasteiger partial charge in [0.1, 0.15) is 0 Å². The lowest BCUT2D eigenvalue weighted by Gasteiger charge is -2.36. The Bertz CT molecular complexity index is 627. The third-order valence-corrected chi connectivity index (χ3v) is 4.98. The first-order valence-electron chi connectivity index (χ1n) is 7.22. The average molecular weight is 337 g/mol. The van der Waals surface area contributed by atoms with E-state index in [1.807, 2.05) is 5.38 Å². The zero-order chi connectivity index (χ0) is 15.5. The molecule has 1 fully saturated rings. The predicted molar refractivity (Wildman–Crippen MR) is 89.3 cm³/mol. The van der Waals surface area contributed by atoms with E-state index in [1.54, 1.807) is 11.3 Å². The average Bonchev–Trinajstić information content (AvgIpc) is 3.09. The molecule has 1 aliphatic heterocycles. The van der Waals surface area contributed by atoms with Gasteiger partial charge in [-0.1, -0.05) is 0 Å². The van der Waals surface area contributed by atoms with E-state index in [2.05, 4.69) is 39.0 Å². The number of thiazole rings is 1. The van der Waals surface area contributed by atoms with Gasteiger partial charge in [-0.2, -0.15) is 11.3 Å². The van der Waals surface area contributed by atoms with Crippen LogP contribution in [0.5, 0.6) is 0 Å². The Morgan fingerprint density at radius 3 is 3.09 bits per heavy atom. The lowest BCUT2D eigenvalue weighted by Crippen LogP contribution is -2.42. The molecule has 5 nitrogen and oxygen atoms in total. The molecule has 2 aromatic rings. The number of nitrogens with zero attached hydrogens (tertiary/aromatic N) is 2. The molecule has 2 unspecified atom stereocenters. The van der Waals surface area contributed by atoms with Gasteiger partial charge in [-0.15, -0.1) is 11.3 Å². The van der Waals surface area contributed by atoms with E-state index in [4.69, 9.17) is 4.74 Å². The number of ether oxygens (including phenoxy) is 1. The number of anilines is 1. The summed E-state index contributed by atoms with van der Waals surface area (Å²) in [5.41, 5.74) is 2.24. The van der Waals surface area contributed by atoms with Crippen LogP contribution in [0, 0.1) is 0 Å². The molecule has 2 atom stereocenters. The molecule has 1 amide bonds. The number of rotatable bonds is 4. The summed E-state index contributed by atoms with van der Waals surface area (Å²) >= 11 is 3.17. The maximum Gasteiger partial charge on any atom is 0.223 e. The monoisotopic (exact) mass is 337 g/mol. The minimum Gasteiger partial charge on any atom is -0.368 e. The fourth-order valence-electron chi connectivity index (χ4n) is 2.63. The first-order valence-corrected chi connectivity index (χ1v) is 9.04. The summed E-state index contributed by atoms with van der Waals surface area (Å²) in [6, 6.07) is 2.13. The van der Waals surface area contributed by atoms with Crippen molar-refractivity contribution in [2.75, 3.05) is 18.4 Å². The van der Waals surface area contributed by atoms with Crippen molar-refractivity contribution < 1.29 is 9.53 Å². The second-order valence-electron chi connectivity index (χ2n) is 5.51. The highest BCUT2D eigenvalue weighted by molar-refractivity contribution is 7.13. The van der Waals surface area contributed by atoms with Crippen molar-refractivity contribution in [1.29, 1.82) is 0 Å². The molecule has 1 aliphatic rings. The fraction of sp³-hybridized carbons (Fsp3) is 0.467. The first-order chi connectivity index (χ1) is 10.6. The number of thiophene rings is 1. The molecule has 0 aliphatic carbocycles. The Balaban J connectivity index is 1.64. The summed E-state index contributed by atoms with van der Waals surface area (Å²) in [6.45, 7) is 6.15. The van der Waals surface area contributed by atoms with Crippen LogP contribution in [0.25, 0.3) is 0 Å². The van der Waals surface area contributed by atoms with Gasteiger partial charge in [0, 0.05) is 31.9 Å². The summed E-state index contributed by atoms with van der Waals surface area (Å²) in [5, 5.41) is 9.64. The molecular weight excluding hydrogens is 318 g/mol. The molecule has 118 valence electrons. The second-order valence-corrected chi connectivity index (χ2v) is 7.15. The molecule has 3 heterocycles. The highest BCUT2D eigenvalue weighted by Gasteiger charge is 2.27. The van der Waals surface area contributed by atoms with Crippen LogP contribution >= 0.6 is 22.7 Å². The maximum absolute atomic E-state index is 11.1. The van der Waals surface area contributed by atoms with Gasteiger partial charge in [-0.25, -0.2) is 4.98 Å². The van der Waals surface area contributed by atoms with Gasteiger partial charge in [0.05, 0.1) is 17.9 Å². The number of hydrogen-bond donors (Lipinski definition) is 1. The van der Waals surface area contributed by atoms with Crippen LogP contribution in [-0.4, -0.2) is 35.0 Å². The molecule has 3 rings (SSSR count). The van der Waals surface area contributed by atoms with Crippen molar-refractivity contribution in [2.45, 2.75) is 32.6 Å². The van der Waals surface area contributed by atoms with Crippen molar-refractivity contribution in [3.05, 3.63) is 33.5 Å². The van der Waals surface area contributed by atoms with E-state index in [-0.39, 0.29) is 18.1 Å². The minimum atomic E-state index is -0.0848. The Kier molecular flexibility index (Phi) is 4.87.